The molecule has 130 valence electrons. The molecule has 3 heterocycles. The normalized spacial score (nSPS) is 30.7. The molecule has 2 saturated heterocycles. The van der Waals surface area contributed by atoms with E-state index in [0.29, 0.717) is 17.7 Å². The third-order valence-corrected chi connectivity index (χ3v) is 6.30. The maximum Gasteiger partial charge on any atom is 0.264 e. The van der Waals surface area contributed by atoms with E-state index in [-0.39, 0.29) is 12.0 Å². The zero-order valence-corrected chi connectivity index (χ0v) is 14.8. The predicted molar refractivity (Wildman–Crippen MR) is 93.5 cm³/mol. The van der Waals surface area contributed by atoms with Crippen LogP contribution in [0.5, 0.6) is 5.75 Å². The smallest absolute Gasteiger partial charge is 0.264 e. The van der Waals surface area contributed by atoms with Gasteiger partial charge in [-0.05, 0) is 18.1 Å². The van der Waals surface area contributed by atoms with E-state index in [4.69, 9.17) is 9.47 Å². The Balaban J connectivity index is 1.40. The van der Waals surface area contributed by atoms with Gasteiger partial charge in [-0.3, -0.25) is 9.69 Å². The van der Waals surface area contributed by atoms with Crippen LogP contribution in [-0.4, -0.2) is 73.0 Å². The average Bonchev–Trinajstić information content (AvgIpc) is 3.03. The molecule has 3 atom stereocenters. The van der Waals surface area contributed by atoms with Crippen LogP contribution in [0.1, 0.15) is 6.92 Å². The fourth-order valence-corrected chi connectivity index (χ4v) is 4.83. The van der Waals surface area contributed by atoms with E-state index in [1.54, 1.807) is 11.8 Å². The molecule has 24 heavy (non-hydrogen) atoms. The van der Waals surface area contributed by atoms with Gasteiger partial charge in [0.1, 0.15) is 5.75 Å². The Morgan fingerprint density at radius 3 is 2.83 bits per heavy atom. The number of fused-ring (bicyclic) bond motifs is 1. The van der Waals surface area contributed by atoms with Gasteiger partial charge < -0.3 is 14.4 Å². The number of para-hydroxylation sites is 1. The Hall–Kier alpha value is -1.24. The molecule has 1 aromatic carbocycles. The number of amides is 1. The number of morpholine rings is 1. The molecule has 5 nitrogen and oxygen atoms in total. The van der Waals surface area contributed by atoms with Crippen molar-refractivity contribution in [3.05, 3.63) is 24.3 Å². The van der Waals surface area contributed by atoms with Gasteiger partial charge in [0.05, 0.1) is 13.2 Å². The van der Waals surface area contributed by atoms with Crippen LogP contribution in [0.4, 0.5) is 0 Å². The fraction of sp³-hybridized carbons (Fsp3) is 0.611. The van der Waals surface area contributed by atoms with Gasteiger partial charge >= 0.3 is 0 Å². The Labute approximate surface area is 147 Å². The molecular weight excluding hydrogens is 324 g/mol. The van der Waals surface area contributed by atoms with Gasteiger partial charge in [-0.1, -0.05) is 19.1 Å². The first-order valence-corrected chi connectivity index (χ1v) is 9.70. The largest absolute Gasteiger partial charge is 0.479 e. The molecule has 0 aromatic heterocycles. The van der Waals surface area contributed by atoms with Crippen LogP contribution in [0, 0.1) is 5.92 Å². The van der Waals surface area contributed by atoms with Crippen molar-refractivity contribution in [3.63, 3.8) is 0 Å². The molecule has 1 amide bonds. The highest BCUT2D eigenvalue weighted by Crippen LogP contribution is 2.36. The van der Waals surface area contributed by atoms with Gasteiger partial charge in [0.2, 0.25) is 0 Å². The summed E-state index contributed by atoms with van der Waals surface area (Å²) in [6, 6.07) is 8.41. The Morgan fingerprint density at radius 1 is 1.21 bits per heavy atom. The number of hydrogen-bond donors (Lipinski definition) is 0. The van der Waals surface area contributed by atoms with E-state index in [9.17, 15) is 4.79 Å². The lowest BCUT2D eigenvalue weighted by Gasteiger charge is -2.34. The molecule has 0 bridgehead atoms. The predicted octanol–water partition coefficient (Wildman–Crippen LogP) is 1.72. The van der Waals surface area contributed by atoms with Gasteiger partial charge in [0.25, 0.3) is 5.91 Å². The fourth-order valence-electron chi connectivity index (χ4n) is 3.86. The Kier molecular flexibility index (Phi) is 4.70. The second-order valence-electron chi connectivity index (χ2n) is 6.80. The number of nitrogens with zero attached hydrogens (tertiary/aromatic N) is 2. The maximum atomic E-state index is 12.9. The van der Waals surface area contributed by atoms with Crippen molar-refractivity contribution in [1.82, 2.24) is 9.80 Å². The molecule has 1 aromatic rings. The number of thioether (sulfide) groups is 1. The summed E-state index contributed by atoms with van der Waals surface area (Å²) in [7, 11) is 0. The molecule has 2 fully saturated rings. The Morgan fingerprint density at radius 2 is 2.00 bits per heavy atom. The summed E-state index contributed by atoms with van der Waals surface area (Å²) >= 11 is 1.71. The van der Waals surface area contributed by atoms with Crippen LogP contribution in [0.15, 0.2) is 29.2 Å². The van der Waals surface area contributed by atoms with Crippen LogP contribution in [0.2, 0.25) is 0 Å². The number of rotatable bonds is 2. The third-order valence-electron chi connectivity index (χ3n) is 5.18. The van der Waals surface area contributed by atoms with Crippen LogP contribution < -0.4 is 4.74 Å². The van der Waals surface area contributed by atoms with Crippen molar-refractivity contribution in [2.45, 2.75) is 24.0 Å². The summed E-state index contributed by atoms with van der Waals surface area (Å²) in [5.74, 6) is 2.17. The van der Waals surface area contributed by atoms with Crippen molar-refractivity contribution < 1.29 is 14.3 Å². The number of likely N-dealkylation sites (tertiary alicyclic amines) is 1. The van der Waals surface area contributed by atoms with Crippen molar-refractivity contribution in [1.29, 1.82) is 0 Å². The van der Waals surface area contributed by atoms with E-state index in [0.717, 1.165) is 50.0 Å². The minimum Gasteiger partial charge on any atom is -0.479 e. The third kappa shape index (κ3) is 3.15. The van der Waals surface area contributed by atoms with Gasteiger partial charge in [0, 0.05) is 42.9 Å². The van der Waals surface area contributed by atoms with Crippen LogP contribution in [0.25, 0.3) is 0 Å². The molecule has 4 rings (SSSR count). The summed E-state index contributed by atoms with van der Waals surface area (Å²) in [4.78, 5) is 18.5. The van der Waals surface area contributed by atoms with E-state index in [2.05, 4.69) is 11.8 Å². The molecule has 3 aliphatic heterocycles. The van der Waals surface area contributed by atoms with Gasteiger partial charge in [0.15, 0.2) is 6.10 Å². The summed E-state index contributed by atoms with van der Waals surface area (Å²) in [6.07, 6.45) is -0.361. The van der Waals surface area contributed by atoms with E-state index in [1.165, 1.54) is 0 Å². The quantitative estimate of drug-likeness (QED) is 0.814. The van der Waals surface area contributed by atoms with Crippen molar-refractivity contribution in [2.24, 2.45) is 5.92 Å². The summed E-state index contributed by atoms with van der Waals surface area (Å²) in [5.41, 5.74) is 0. The van der Waals surface area contributed by atoms with E-state index >= 15 is 0 Å². The summed E-state index contributed by atoms with van der Waals surface area (Å²) in [6.45, 7) is 7.44. The highest BCUT2D eigenvalue weighted by Gasteiger charge is 2.40. The highest BCUT2D eigenvalue weighted by molar-refractivity contribution is 7.99. The summed E-state index contributed by atoms with van der Waals surface area (Å²) < 4.78 is 11.4. The molecule has 0 aliphatic carbocycles. The standard InChI is InChI=1S/C18H24N2O3S/c1-13-10-20(11-14(13)19-6-8-22-9-7-19)18(21)16-12-24-17-5-3-2-4-15(17)23-16/h2-5,13-14,16H,6-12H2,1H3/t13-,14-,16+/m1/s1. The number of carbonyl (C=O) groups excluding carboxylic acids is 1. The lowest BCUT2D eigenvalue weighted by atomic mass is 10.0. The Bertz CT molecular complexity index is 606. The number of ether oxygens (including phenoxy) is 2. The number of hydrogen-bond acceptors (Lipinski definition) is 5. The molecule has 0 radical (unpaired) electrons. The second kappa shape index (κ2) is 6.94. The van der Waals surface area contributed by atoms with Crippen molar-refractivity contribution in [2.75, 3.05) is 45.1 Å². The molecule has 6 heteroatoms. The van der Waals surface area contributed by atoms with Crippen LogP contribution >= 0.6 is 11.8 Å². The number of benzene rings is 1. The van der Waals surface area contributed by atoms with Gasteiger partial charge in [-0.2, -0.15) is 0 Å². The van der Waals surface area contributed by atoms with E-state index in [1.807, 2.05) is 29.2 Å². The highest BCUT2D eigenvalue weighted by atomic mass is 32.2. The zero-order valence-electron chi connectivity index (χ0n) is 14.0. The molecule has 0 unspecified atom stereocenters. The molecule has 0 spiro atoms. The monoisotopic (exact) mass is 348 g/mol. The maximum absolute atomic E-state index is 12.9. The first-order chi connectivity index (χ1) is 11.7. The lowest BCUT2D eigenvalue weighted by Crippen LogP contribution is -2.48. The van der Waals surface area contributed by atoms with Gasteiger partial charge in [-0.15, -0.1) is 11.8 Å². The minimum absolute atomic E-state index is 0.139. The summed E-state index contributed by atoms with van der Waals surface area (Å²) in [5, 5.41) is 0. The van der Waals surface area contributed by atoms with E-state index < -0.39 is 0 Å². The number of carbonyl (C=O) groups is 1. The second-order valence-corrected chi connectivity index (χ2v) is 7.86. The SMILES string of the molecule is C[C@@H]1CN(C(=O)[C@@H]2CSc3ccccc3O2)C[C@H]1N1CCOCC1. The van der Waals surface area contributed by atoms with Gasteiger partial charge in [-0.25, -0.2) is 0 Å². The van der Waals surface area contributed by atoms with Crippen LogP contribution in [-0.2, 0) is 9.53 Å². The first-order valence-electron chi connectivity index (χ1n) is 8.71. The topological polar surface area (TPSA) is 42.0 Å². The first kappa shape index (κ1) is 16.2. The molecule has 3 aliphatic rings. The van der Waals surface area contributed by atoms with Crippen molar-refractivity contribution in [3.8, 4) is 5.75 Å². The average molecular weight is 348 g/mol. The lowest BCUT2D eigenvalue weighted by molar-refractivity contribution is -0.137. The zero-order chi connectivity index (χ0) is 16.5. The molecule has 0 saturated carbocycles. The van der Waals surface area contributed by atoms with Crippen molar-refractivity contribution >= 4 is 17.7 Å². The van der Waals surface area contributed by atoms with Crippen LogP contribution in [0.3, 0.4) is 0 Å². The molecular formula is C18H24N2O3S. The molecule has 0 N–H and O–H groups in total. The minimum atomic E-state index is -0.361.